The SMILES string of the molecule is CNc1cccc(N=Nc2c(Nc3cc(S(=O)(=O)O)ccc3O)ccc3c(O)cccc23)c1O. The van der Waals surface area contributed by atoms with Crippen LogP contribution in [-0.4, -0.2) is 35.3 Å². The molecule has 0 aliphatic heterocycles. The van der Waals surface area contributed by atoms with Gasteiger partial charge in [0.2, 0.25) is 0 Å². The lowest BCUT2D eigenvalue weighted by Gasteiger charge is -2.14. The van der Waals surface area contributed by atoms with E-state index in [9.17, 15) is 28.3 Å². The molecule has 4 aromatic rings. The molecule has 174 valence electrons. The number of phenols is 3. The average molecular weight is 481 g/mol. The maximum absolute atomic E-state index is 11.5. The predicted molar refractivity (Wildman–Crippen MR) is 129 cm³/mol. The number of azo groups is 1. The van der Waals surface area contributed by atoms with Crippen molar-refractivity contribution in [3.05, 3.63) is 66.7 Å². The van der Waals surface area contributed by atoms with Gasteiger partial charge in [-0.15, -0.1) is 10.2 Å². The van der Waals surface area contributed by atoms with Crippen LogP contribution in [-0.2, 0) is 10.1 Å². The maximum Gasteiger partial charge on any atom is 0.294 e. The normalized spacial score (nSPS) is 11.7. The van der Waals surface area contributed by atoms with Crippen molar-refractivity contribution in [3.63, 3.8) is 0 Å². The Hall–Kier alpha value is -4.35. The molecular formula is C23H20N4O6S. The van der Waals surface area contributed by atoms with Crippen LogP contribution < -0.4 is 10.6 Å². The molecule has 11 heteroatoms. The van der Waals surface area contributed by atoms with Gasteiger partial charge < -0.3 is 26.0 Å². The number of benzene rings is 4. The highest BCUT2D eigenvalue weighted by Gasteiger charge is 2.16. The van der Waals surface area contributed by atoms with Crippen LogP contribution in [0.15, 0.2) is 81.9 Å². The zero-order chi connectivity index (χ0) is 24.5. The lowest BCUT2D eigenvalue weighted by molar-refractivity contribution is 0.474. The molecule has 0 unspecified atom stereocenters. The first-order valence-corrected chi connectivity index (χ1v) is 11.4. The number of hydrogen-bond donors (Lipinski definition) is 6. The maximum atomic E-state index is 11.5. The van der Waals surface area contributed by atoms with Crippen LogP contribution in [0.3, 0.4) is 0 Å². The summed E-state index contributed by atoms with van der Waals surface area (Å²) in [6, 6.07) is 16.2. The first-order chi connectivity index (χ1) is 16.2. The molecule has 6 N–H and O–H groups in total. The van der Waals surface area contributed by atoms with Crippen LogP contribution in [0.2, 0.25) is 0 Å². The lowest BCUT2D eigenvalue weighted by Crippen LogP contribution is -2.00. The summed E-state index contributed by atoms with van der Waals surface area (Å²) < 4.78 is 32.4. The van der Waals surface area contributed by atoms with E-state index < -0.39 is 15.0 Å². The van der Waals surface area contributed by atoms with Crippen LogP contribution in [0.25, 0.3) is 10.8 Å². The fourth-order valence-electron chi connectivity index (χ4n) is 3.37. The minimum Gasteiger partial charge on any atom is -0.507 e. The minimum absolute atomic E-state index is 0.00824. The Bertz CT molecular complexity index is 1540. The summed E-state index contributed by atoms with van der Waals surface area (Å²) >= 11 is 0. The highest BCUT2D eigenvalue weighted by atomic mass is 32.2. The van der Waals surface area contributed by atoms with E-state index >= 15 is 0 Å². The van der Waals surface area contributed by atoms with Crippen LogP contribution >= 0.6 is 0 Å². The van der Waals surface area contributed by atoms with E-state index in [1.807, 2.05) is 0 Å². The van der Waals surface area contributed by atoms with Crippen LogP contribution in [0.4, 0.5) is 28.4 Å². The molecule has 0 amide bonds. The molecule has 0 aliphatic rings. The molecule has 0 heterocycles. The number of nitrogens with zero attached hydrogens (tertiary/aromatic N) is 2. The summed E-state index contributed by atoms with van der Waals surface area (Å²) in [7, 11) is -2.85. The van der Waals surface area contributed by atoms with Gasteiger partial charge in [0.15, 0.2) is 5.75 Å². The van der Waals surface area contributed by atoms with Gasteiger partial charge in [-0.1, -0.05) is 18.2 Å². The Morgan fingerprint density at radius 2 is 1.53 bits per heavy atom. The molecule has 0 saturated heterocycles. The lowest BCUT2D eigenvalue weighted by atomic mass is 10.1. The van der Waals surface area contributed by atoms with Gasteiger partial charge in [-0.05, 0) is 48.5 Å². The van der Waals surface area contributed by atoms with Crippen molar-refractivity contribution >= 4 is 49.3 Å². The Labute approximate surface area is 194 Å². The number of rotatable bonds is 6. The van der Waals surface area contributed by atoms with E-state index in [-0.39, 0.29) is 34.3 Å². The van der Waals surface area contributed by atoms with Crippen molar-refractivity contribution in [2.24, 2.45) is 10.2 Å². The highest BCUT2D eigenvalue weighted by molar-refractivity contribution is 7.85. The fourth-order valence-corrected chi connectivity index (χ4v) is 3.88. The Morgan fingerprint density at radius 1 is 0.765 bits per heavy atom. The molecule has 0 bridgehead atoms. The molecule has 10 nitrogen and oxygen atoms in total. The third-order valence-corrected chi connectivity index (χ3v) is 5.94. The standard InChI is InChI=1S/C23H20N4O6S/c1-24-17-5-3-6-18(23(17)30)26-27-22-15-4-2-7-20(28)14(15)9-10-16(22)25-19-12-13(34(31,32)33)8-11-21(19)29/h2-12,24-25,28-30H,1H3,(H,31,32,33). The molecule has 0 fully saturated rings. The van der Waals surface area contributed by atoms with E-state index in [2.05, 4.69) is 20.9 Å². The molecule has 0 saturated carbocycles. The Balaban J connectivity index is 1.87. The van der Waals surface area contributed by atoms with Crippen molar-refractivity contribution in [1.29, 1.82) is 0 Å². The van der Waals surface area contributed by atoms with E-state index in [1.165, 1.54) is 6.07 Å². The monoisotopic (exact) mass is 480 g/mol. The topological polar surface area (TPSA) is 164 Å². The fraction of sp³-hybridized carbons (Fsp3) is 0.0435. The van der Waals surface area contributed by atoms with Gasteiger partial charge in [-0.3, -0.25) is 4.55 Å². The molecule has 0 radical (unpaired) electrons. The third-order valence-electron chi connectivity index (χ3n) is 5.09. The molecule has 0 atom stereocenters. The second-order valence-corrected chi connectivity index (χ2v) is 8.66. The highest BCUT2D eigenvalue weighted by Crippen LogP contribution is 2.42. The average Bonchev–Trinajstić information content (AvgIpc) is 2.80. The Kier molecular flexibility index (Phi) is 5.97. The second kappa shape index (κ2) is 8.89. The smallest absolute Gasteiger partial charge is 0.294 e. The number of phenolic OH excluding ortho intramolecular Hbond substituents is 3. The van der Waals surface area contributed by atoms with E-state index in [4.69, 9.17) is 0 Å². The summed E-state index contributed by atoms with van der Waals surface area (Å²) in [6.07, 6.45) is 0. The zero-order valence-electron chi connectivity index (χ0n) is 17.8. The van der Waals surface area contributed by atoms with Crippen LogP contribution in [0, 0.1) is 0 Å². The third kappa shape index (κ3) is 4.42. The molecular weight excluding hydrogens is 460 g/mol. The Morgan fingerprint density at radius 3 is 2.26 bits per heavy atom. The number of para-hydroxylation sites is 1. The number of aromatic hydroxyl groups is 3. The van der Waals surface area contributed by atoms with Crippen molar-refractivity contribution in [2.75, 3.05) is 17.7 Å². The van der Waals surface area contributed by atoms with Gasteiger partial charge in [0.05, 0.1) is 22.0 Å². The molecule has 4 aromatic carbocycles. The first kappa shape index (κ1) is 22.8. The van der Waals surface area contributed by atoms with Gasteiger partial charge in [0, 0.05) is 17.8 Å². The quantitative estimate of drug-likeness (QED) is 0.121. The molecule has 0 aromatic heterocycles. The predicted octanol–water partition coefficient (Wildman–Crippen LogP) is 5.40. The van der Waals surface area contributed by atoms with Gasteiger partial charge in [0.25, 0.3) is 10.1 Å². The van der Waals surface area contributed by atoms with E-state index in [0.717, 1.165) is 18.2 Å². The molecule has 4 rings (SSSR count). The van der Waals surface area contributed by atoms with Crippen LogP contribution in [0.5, 0.6) is 17.2 Å². The number of hydrogen-bond acceptors (Lipinski definition) is 9. The largest absolute Gasteiger partial charge is 0.507 e. The van der Waals surface area contributed by atoms with Crippen LogP contribution in [0.1, 0.15) is 0 Å². The summed E-state index contributed by atoms with van der Waals surface area (Å²) in [5.74, 6) is -0.368. The van der Waals surface area contributed by atoms with Crippen molar-refractivity contribution < 1.29 is 28.3 Å². The van der Waals surface area contributed by atoms with Crippen molar-refractivity contribution in [3.8, 4) is 17.2 Å². The number of fused-ring (bicyclic) bond motifs is 1. The van der Waals surface area contributed by atoms with Gasteiger partial charge in [-0.2, -0.15) is 8.42 Å². The number of anilines is 3. The van der Waals surface area contributed by atoms with E-state index in [1.54, 1.807) is 49.5 Å². The summed E-state index contributed by atoms with van der Waals surface area (Å²) in [5.41, 5.74) is 1.20. The minimum atomic E-state index is -4.50. The molecule has 0 spiro atoms. The van der Waals surface area contributed by atoms with Crippen molar-refractivity contribution in [1.82, 2.24) is 0 Å². The van der Waals surface area contributed by atoms with Crippen molar-refractivity contribution in [2.45, 2.75) is 4.90 Å². The van der Waals surface area contributed by atoms with Gasteiger partial charge >= 0.3 is 0 Å². The number of nitrogens with one attached hydrogen (secondary N) is 2. The summed E-state index contributed by atoms with van der Waals surface area (Å²) in [6.45, 7) is 0. The summed E-state index contributed by atoms with van der Waals surface area (Å²) in [5, 5.41) is 46.1. The second-order valence-electron chi connectivity index (χ2n) is 7.24. The zero-order valence-corrected chi connectivity index (χ0v) is 18.6. The summed E-state index contributed by atoms with van der Waals surface area (Å²) in [4.78, 5) is -0.414. The molecule has 34 heavy (non-hydrogen) atoms. The van der Waals surface area contributed by atoms with Gasteiger partial charge in [0.1, 0.15) is 22.9 Å². The molecule has 0 aliphatic carbocycles. The van der Waals surface area contributed by atoms with E-state index in [0.29, 0.717) is 22.1 Å². The van der Waals surface area contributed by atoms with Gasteiger partial charge in [-0.25, -0.2) is 0 Å². The first-order valence-electron chi connectivity index (χ1n) is 9.92.